The van der Waals surface area contributed by atoms with Crippen LogP contribution >= 0.6 is 11.3 Å². The molecule has 0 bridgehead atoms. The zero-order valence-corrected chi connectivity index (χ0v) is 35.1. The first-order valence-electron chi connectivity index (χ1n) is 21.6. The van der Waals surface area contributed by atoms with Crippen molar-refractivity contribution in [3.63, 3.8) is 0 Å². The average molecular weight is 819 g/mol. The maximum Gasteiger partial charge on any atom is 0.0641 e. The zero-order chi connectivity index (χ0) is 41.4. The van der Waals surface area contributed by atoms with Crippen LogP contribution in [0.25, 0.3) is 120 Å². The molecule has 0 saturated carbocycles. The van der Waals surface area contributed by atoms with Crippen molar-refractivity contribution in [1.29, 1.82) is 0 Å². The Kier molecular flexibility index (Phi) is 8.12. The van der Waals surface area contributed by atoms with E-state index >= 15 is 0 Å². The molecular formula is C60H38N2S. The van der Waals surface area contributed by atoms with Crippen LogP contribution < -0.4 is 0 Å². The van der Waals surface area contributed by atoms with Crippen LogP contribution in [0.5, 0.6) is 0 Å². The monoisotopic (exact) mass is 818 g/mol. The number of hydrogen-bond acceptors (Lipinski definition) is 1. The van der Waals surface area contributed by atoms with E-state index in [9.17, 15) is 0 Å². The molecule has 294 valence electrons. The van der Waals surface area contributed by atoms with Gasteiger partial charge in [0.25, 0.3) is 0 Å². The van der Waals surface area contributed by atoms with Gasteiger partial charge in [-0.05, 0) is 75.8 Å². The van der Waals surface area contributed by atoms with Gasteiger partial charge in [0.15, 0.2) is 0 Å². The minimum Gasteiger partial charge on any atom is -0.308 e. The van der Waals surface area contributed by atoms with Crippen molar-refractivity contribution in [2.45, 2.75) is 0 Å². The molecule has 13 aromatic rings. The van der Waals surface area contributed by atoms with Crippen molar-refractivity contribution in [2.75, 3.05) is 0 Å². The first kappa shape index (κ1) is 35.7. The predicted octanol–water partition coefficient (Wildman–Crippen LogP) is 16.9. The van der Waals surface area contributed by atoms with Crippen molar-refractivity contribution in [3.8, 4) is 55.9 Å². The third-order valence-corrected chi connectivity index (χ3v) is 14.1. The molecule has 0 amide bonds. The third kappa shape index (κ3) is 5.50. The summed E-state index contributed by atoms with van der Waals surface area (Å²) in [6, 6.07) is 84.5. The molecule has 0 aliphatic rings. The van der Waals surface area contributed by atoms with E-state index in [1.165, 1.54) is 120 Å². The number of nitrogens with zero attached hydrogens (tertiary/aromatic N) is 2. The average Bonchev–Trinajstić information content (AvgIpc) is 4.03. The lowest BCUT2D eigenvalue weighted by molar-refractivity contribution is 1.18. The van der Waals surface area contributed by atoms with Gasteiger partial charge < -0.3 is 9.13 Å². The molecule has 0 spiro atoms. The molecular weight excluding hydrogens is 781 g/mol. The Morgan fingerprint density at radius 1 is 0.286 bits per heavy atom. The minimum absolute atomic E-state index is 1.17. The Morgan fingerprint density at radius 2 is 0.841 bits per heavy atom. The molecule has 3 heteroatoms. The summed E-state index contributed by atoms with van der Waals surface area (Å²) in [4.78, 5) is 0. The van der Waals surface area contributed by atoms with E-state index in [0.717, 1.165) is 0 Å². The van der Waals surface area contributed by atoms with Gasteiger partial charge in [0.05, 0.1) is 38.1 Å². The van der Waals surface area contributed by atoms with Gasteiger partial charge in [-0.3, -0.25) is 0 Å². The summed E-state index contributed by atoms with van der Waals surface area (Å²) in [5, 5.41) is 7.56. The molecule has 0 N–H and O–H groups in total. The highest BCUT2D eigenvalue weighted by atomic mass is 32.1. The van der Waals surface area contributed by atoms with E-state index < -0.39 is 0 Å². The number of rotatable bonds is 6. The fraction of sp³-hybridized carbons (Fsp3) is 0. The highest BCUT2D eigenvalue weighted by Crippen LogP contribution is 2.48. The first-order chi connectivity index (χ1) is 31.3. The molecule has 0 aliphatic heterocycles. The van der Waals surface area contributed by atoms with E-state index in [4.69, 9.17) is 0 Å². The van der Waals surface area contributed by atoms with Gasteiger partial charge in [-0.1, -0.05) is 188 Å². The highest BCUT2D eigenvalue weighted by molar-refractivity contribution is 7.26. The van der Waals surface area contributed by atoms with Gasteiger partial charge in [-0.2, -0.15) is 0 Å². The Hall–Kier alpha value is -7.98. The van der Waals surface area contributed by atoms with E-state index in [-0.39, 0.29) is 0 Å². The highest BCUT2D eigenvalue weighted by Gasteiger charge is 2.23. The number of thiophene rings is 1. The summed E-state index contributed by atoms with van der Waals surface area (Å²) in [5.74, 6) is 0. The van der Waals surface area contributed by atoms with Gasteiger partial charge in [-0.25, -0.2) is 0 Å². The molecule has 0 unspecified atom stereocenters. The lowest BCUT2D eigenvalue weighted by atomic mass is 9.91. The fourth-order valence-corrected chi connectivity index (χ4v) is 11.5. The van der Waals surface area contributed by atoms with E-state index in [1.54, 1.807) is 0 Å². The number of fused-ring (bicyclic) bond motifs is 9. The summed E-state index contributed by atoms with van der Waals surface area (Å²) in [6.45, 7) is 0. The Bertz CT molecular complexity index is 3900. The van der Waals surface area contributed by atoms with Gasteiger partial charge in [0.2, 0.25) is 0 Å². The van der Waals surface area contributed by atoms with Crippen LogP contribution in [0.4, 0.5) is 0 Å². The number of hydrogen-bond donors (Lipinski definition) is 0. The van der Waals surface area contributed by atoms with E-state index in [0.29, 0.717) is 0 Å². The molecule has 2 nitrogen and oxygen atoms in total. The van der Waals surface area contributed by atoms with Crippen LogP contribution in [0.2, 0.25) is 0 Å². The van der Waals surface area contributed by atoms with Crippen molar-refractivity contribution in [1.82, 2.24) is 9.13 Å². The van der Waals surface area contributed by atoms with Crippen LogP contribution in [-0.4, -0.2) is 9.13 Å². The summed E-state index contributed by atoms with van der Waals surface area (Å²) < 4.78 is 7.58. The molecule has 0 aliphatic carbocycles. The molecule has 13 rings (SSSR count). The predicted molar refractivity (Wildman–Crippen MR) is 270 cm³/mol. The fourth-order valence-electron chi connectivity index (χ4n) is 10.2. The molecule has 0 fully saturated rings. The summed E-state index contributed by atoms with van der Waals surface area (Å²) >= 11 is 1.89. The Morgan fingerprint density at radius 3 is 1.62 bits per heavy atom. The second kappa shape index (κ2) is 14.3. The van der Waals surface area contributed by atoms with E-state index in [1.807, 2.05) is 11.3 Å². The van der Waals surface area contributed by atoms with Crippen molar-refractivity contribution < 1.29 is 0 Å². The Balaban J connectivity index is 1.05. The number of aromatic nitrogens is 2. The van der Waals surface area contributed by atoms with Crippen LogP contribution in [0.1, 0.15) is 0 Å². The van der Waals surface area contributed by atoms with Crippen molar-refractivity contribution >= 4 is 75.1 Å². The lowest BCUT2D eigenvalue weighted by Crippen LogP contribution is -1.98. The van der Waals surface area contributed by atoms with Crippen molar-refractivity contribution in [2.24, 2.45) is 0 Å². The molecule has 3 heterocycles. The number of benzene rings is 10. The van der Waals surface area contributed by atoms with Gasteiger partial charge >= 0.3 is 0 Å². The minimum atomic E-state index is 1.17. The summed E-state index contributed by atoms with van der Waals surface area (Å²) in [7, 11) is 0. The Labute approximate surface area is 368 Å². The standard InChI is InChI=1S/C60H38N2S/c1-3-18-39(19-4-1)42-22-7-8-24-45(42)48-35-37-56(60-58(48)50-27-12-16-33-57(50)63-60)61-53-31-14-11-26-47(53)51-38-41(34-36-55(51)61)44-28-17-29-49-46-25-10-15-32-54(46)62(59(44)49)52-30-13-9-23-43(52)40-20-5-2-6-21-40/h1-38H. The first-order valence-corrected chi connectivity index (χ1v) is 22.4. The molecule has 10 aromatic carbocycles. The second-order valence-corrected chi connectivity index (χ2v) is 17.4. The lowest BCUT2D eigenvalue weighted by Gasteiger charge is -2.16. The molecule has 0 radical (unpaired) electrons. The van der Waals surface area contributed by atoms with Gasteiger partial charge in [-0.15, -0.1) is 11.3 Å². The van der Waals surface area contributed by atoms with Gasteiger partial charge in [0, 0.05) is 48.1 Å². The largest absolute Gasteiger partial charge is 0.308 e. The van der Waals surface area contributed by atoms with Crippen LogP contribution in [0.15, 0.2) is 231 Å². The molecule has 0 atom stereocenters. The third-order valence-electron chi connectivity index (χ3n) is 13.0. The van der Waals surface area contributed by atoms with Crippen LogP contribution in [0.3, 0.4) is 0 Å². The topological polar surface area (TPSA) is 9.86 Å². The summed E-state index contributed by atoms with van der Waals surface area (Å²) in [5.41, 5.74) is 16.9. The maximum absolute atomic E-state index is 2.51. The molecule has 3 aromatic heterocycles. The smallest absolute Gasteiger partial charge is 0.0641 e. The van der Waals surface area contributed by atoms with Crippen LogP contribution in [-0.2, 0) is 0 Å². The normalized spacial score (nSPS) is 11.8. The molecule has 0 saturated heterocycles. The quantitative estimate of drug-likeness (QED) is 0.158. The maximum atomic E-state index is 2.51. The van der Waals surface area contributed by atoms with Crippen LogP contribution in [0, 0.1) is 0 Å². The SMILES string of the molecule is c1ccc(-c2ccccc2-c2ccc(-n3c4ccccc4c4cc(-c5cccc6c7ccccc7n(-c7ccccc7-c7ccccc7)c56)ccc43)c3sc4ccccc4c23)cc1. The van der Waals surface area contributed by atoms with E-state index in [2.05, 4.69) is 240 Å². The van der Waals surface area contributed by atoms with Crippen molar-refractivity contribution in [3.05, 3.63) is 231 Å². The number of para-hydroxylation sites is 4. The second-order valence-electron chi connectivity index (χ2n) is 16.4. The van der Waals surface area contributed by atoms with Gasteiger partial charge in [0.1, 0.15) is 0 Å². The summed E-state index contributed by atoms with van der Waals surface area (Å²) in [6.07, 6.45) is 0. The zero-order valence-electron chi connectivity index (χ0n) is 34.2. The molecule has 63 heavy (non-hydrogen) atoms.